The predicted octanol–water partition coefficient (Wildman–Crippen LogP) is 3.93. The van der Waals surface area contributed by atoms with Crippen molar-refractivity contribution in [2.45, 2.75) is 24.3 Å². The molecule has 0 bridgehead atoms. The van der Waals surface area contributed by atoms with Gasteiger partial charge in [-0.05, 0) is 25.3 Å². The first-order chi connectivity index (χ1) is 12.6. The SMILES string of the molecule is Cc1ccc(-c2nnc(S[C@H](C)c3nnc(-c4cccs4)o3)n2N)cc1. The molecule has 9 heteroatoms. The van der Waals surface area contributed by atoms with Crippen LogP contribution in [0.3, 0.4) is 0 Å². The molecular weight excluding hydrogens is 368 g/mol. The average Bonchev–Trinajstić information content (AvgIpc) is 3.37. The Bertz CT molecular complexity index is 1010. The molecule has 0 aliphatic rings. The van der Waals surface area contributed by atoms with E-state index < -0.39 is 0 Å². The van der Waals surface area contributed by atoms with Crippen LogP contribution in [-0.2, 0) is 0 Å². The summed E-state index contributed by atoms with van der Waals surface area (Å²) >= 11 is 2.98. The number of thiophene rings is 1. The van der Waals surface area contributed by atoms with E-state index in [0.717, 1.165) is 10.4 Å². The van der Waals surface area contributed by atoms with E-state index in [1.165, 1.54) is 22.0 Å². The number of hydrogen-bond donors (Lipinski definition) is 1. The molecule has 132 valence electrons. The molecule has 0 amide bonds. The standard InChI is InChI=1S/C17H16N6OS2/c1-10-5-7-12(8-6-10)14-19-22-17(23(14)18)26-11(2)15-20-21-16(24-15)13-4-3-9-25-13/h3-9,11H,18H2,1-2H3/t11-/m1/s1. The molecule has 4 rings (SSSR count). The summed E-state index contributed by atoms with van der Waals surface area (Å²) in [6.07, 6.45) is 0. The summed E-state index contributed by atoms with van der Waals surface area (Å²) in [4.78, 5) is 0.949. The van der Waals surface area contributed by atoms with Crippen molar-refractivity contribution in [3.8, 4) is 22.2 Å². The van der Waals surface area contributed by atoms with Gasteiger partial charge in [0, 0.05) is 5.56 Å². The molecule has 3 heterocycles. The summed E-state index contributed by atoms with van der Waals surface area (Å²) in [5, 5.41) is 19.1. The second kappa shape index (κ2) is 6.93. The maximum absolute atomic E-state index is 6.19. The molecule has 0 saturated carbocycles. The second-order valence-corrected chi connectivity index (χ2v) is 7.98. The predicted molar refractivity (Wildman–Crippen MR) is 102 cm³/mol. The number of nitrogen functional groups attached to an aromatic ring is 1. The Balaban J connectivity index is 1.53. The van der Waals surface area contributed by atoms with Gasteiger partial charge in [0.15, 0.2) is 5.82 Å². The van der Waals surface area contributed by atoms with Crippen LogP contribution >= 0.6 is 23.1 Å². The molecule has 0 aliphatic heterocycles. The smallest absolute Gasteiger partial charge is 0.257 e. The maximum atomic E-state index is 6.19. The van der Waals surface area contributed by atoms with Crippen molar-refractivity contribution in [1.29, 1.82) is 0 Å². The number of benzene rings is 1. The van der Waals surface area contributed by atoms with Gasteiger partial charge >= 0.3 is 0 Å². The number of thioether (sulfide) groups is 1. The van der Waals surface area contributed by atoms with Crippen molar-refractivity contribution in [2.75, 3.05) is 5.84 Å². The Labute approximate surface area is 158 Å². The highest BCUT2D eigenvalue weighted by Crippen LogP contribution is 2.35. The van der Waals surface area contributed by atoms with E-state index in [1.54, 1.807) is 11.3 Å². The molecule has 3 aromatic heterocycles. The third-order valence-corrected chi connectivity index (χ3v) is 5.68. The molecule has 0 spiro atoms. The van der Waals surface area contributed by atoms with Crippen LogP contribution in [0.4, 0.5) is 0 Å². The summed E-state index contributed by atoms with van der Waals surface area (Å²) < 4.78 is 7.26. The maximum Gasteiger partial charge on any atom is 0.257 e. The molecule has 0 radical (unpaired) electrons. The lowest BCUT2D eigenvalue weighted by Crippen LogP contribution is -2.12. The molecule has 0 saturated heterocycles. The van der Waals surface area contributed by atoms with E-state index in [-0.39, 0.29) is 5.25 Å². The fraction of sp³-hybridized carbons (Fsp3) is 0.176. The van der Waals surface area contributed by atoms with Crippen molar-refractivity contribution < 1.29 is 4.42 Å². The lowest BCUT2D eigenvalue weighted by atomic mass is 10.1. The van der Waals surface area contributed by atoms with Gasteiger partial charge in [-0.1, -0.05) is 47.7 Å². The molecule has 4 aromatic rings. The van der Waals surface area contributed by atoms with E-state index in [1.807, 2.05) is 55.6 Å². The minimum Gasteiger partial charge on any atom is -0.419 e. The van der Waals surface area contributed by atoms with Crippen LogP contribution in [0.2, 0.25) is 0 Å². The Morgan fingerprint density at radius 2 is 1.92 bits per heavy atom. The Morgan fingerprint density at radius 3 is 2.65 bits per heavy atom. The monoisotopic (exact) mass is 384 g/mol. The normalized spacial score (nSPS) is 12.4. The van der Waals surface area contributed by atoms with Crippen LogP contribution in [0.1, 0.15) is 23.6 Å². The quantitative estimate of drug-likeness (QED) is 0.411. The minimum atomic E-state index is -0.103. The van der Waals surface area contributed by atoms with Crippen molar-refractivity contribution in [1.82, 2.24) is 25.1 Å². The van der Waals surface area contributed by atoms with Crippen LogP contribution in [0.15, 0.2) is 51.4 Å². The lowest BCUT2D eigenvalue weighted by Gasteiger charge is -2.07. The van der Waals surface area contributed by atoms with E-state index >= 15 is 0 Å². The molecule has 0 aliphatic carbocycles. The van der Waals surface area contributed by atoms with Crippen LogP contribution in [0, 0.1) is 6.92 Å². The largest absolute Gasteiger partial charge is 0.419 e. The summed E-state index contributed by atoms with van der Waals surface area (Å²) in [5.41, 5.74) is 2.10. The van der Waals surface area contributed by atoms with Gasteiger partial charge in [-0.15, -0.1) is 31.7 Å². The molecule has 0 fully saturated rings. The van der Waals surface area contributed by atoms with Crippen molar-refractivity contribution >= 4 is 23.1 Å². The lowest BCUT2D eigenvalue weighted by molar-refractivity contribution is 0.510. The third kappa shape index (κ3) is 3.23. The zero-order valence-corrected chi connectivity index (χ0v) is 15.8. The van der Waals surface area contributed by atoms with Gasteiger partial charge in [-0.3, -0.25) is 0 Å². The Kier molecular flexibility index (Phi) is 4.48. The molecular formula is C17H16N6OS2. The molecule has 26 heavy (non-hydrogen) atoms. The molecule has 1 aromatic carbocycles. The van der Waals surface area contributed by atoms with Crippen molar-refractivity contribution in [2.24, 2.45) is 0 Å². The first-order valence-electron chi connectivity index (χ1n) is 7.93. The third-order valence-electron chi connectivity index (χ3n) is 3.78. The van der Waals surface area contributed by atoms with Gasteiger partial charge < -0.3 is 10.3 Å². The van der Waals surface area contributed by atoms with Crippen molar-refractivity contribution in [3.63, 3.8) is 0 Å². The van der Waals surface area contributed by atoms with Gasteiger partial charge in [-0.2, -0.15) is 0 Å². The van der Waals surface area contributed by atoms with E-state index in [9.17, 15) is 0 Å². The number of aryl methyl sites for hydroxylation is 1. The molecule has 2 N–H and O–H groups in total. The Hall–Kier alpha value is -2.65. The summed E-state index contributed by atoms with van der Waals surface area (Å²) in [5.74, 6) is 7.85. The van der Waals surface area contributed by atoms with Crippen LogP contribution < -0.4 is 5.84 Å². The molecule has 7 nitrogen and oxygen atoms in total. The first kappa shape index (κ1) is 16.8. The summed E-state index contributed by atoms with van der Waals surface area (Å²) in [6, 6.07) is 11.9. The molecule has 0 unspecified atom stereocenters. The number of aromatic nitrogens is 5. The van der Waals surface area contributed by atoms with E-state index in [0.29, 0.717) is 22.8 Å². The summed E-state index contributed by atoms with van der Waals surface area (Å²) in [7, 11) is 0. The van der Waals surface area contributed by atoms with Gasteiger partial charge in [-0.25, -0.2) is 4.68 Å². The van der Waals surface area contributed by atoms with Gasteiger partial charge in [0.25, 0.3) is 5.89 Å². The van der Waals surface area contributed by atoms with E-state index in [4.69, 9.17) is 10.3 Å². The Morgan fingerprint density at radius 1 is 1.12 bits per heavy atom. The van der Waals surface area contributed by atoms with Gasteiger partial charge in [0.05, 0.1) is 10.1 Å². The van der Waals surface area contributed by atoms with Crippen molar-refractivity contribution in [3.05, 3.63) is 53.2 Å². The van der Waals surface area contributed by atoms with Crippen LogP contribution in [0.25, 0.3) is 22.2 Å². The summed E-state index contributed by atoms with van der Waals surface area (Å²) in [6.45, 7) is 4.01. The number of rotatable bonds is 5. The van der Waals surface area contributed by atoms with E-state index in [2.05, 4.69) is 20.4 Å². The second-order valence-electron chi connectivity index (χ2n) is 5.73. The zero-order chi connectivity index (χ0) is 18.1. The zero-order valence-electron chi connectivity index (χ0n) is 14.2. The van der Waals surface area contributed by atoms with Crippen LogP contribution in [0.5, 0.6) is 0 Å². The minimum absolute atomic E-state index is 0.103. The van der Waals surface area contributed by atoms with Gasteiger partial charge in [0.1, 0.15) is 0 Å². The number of nitrogens with two attached hydrogens (primary N) is 1. The topological polar surface area (TPSA) is 95.6 Å². The molecule has 1 atom stereocenters. The van der Waals surface area contributed by atoms with Crippen LogP contribution in [-0.4, -0.2) is 25.1 Å². The first-order valence-corrected chi connectivity index (χ1v) is 9.69. The fourth-order valence-electron chi connectivity index (χ4n) is 2.36. The fourth-order valence-corrected chi connectivity index (χ4v) is 3.81. The highest BCUT2D eigenvalue weighted by molar-refractivity contribution is 7.99. The number of nitrogens with zero attached hydrogens (tertiary/aromatic N) is 5. The number of hydrogen-bond acceptors (Lipinski definition) is 8. The highest BCUT2D eigenvalue weighted by atomic mass is 32.2. The van der Waals surface area contributed by atoms with Gasteiger partial charge in [0.2, 0.25) is 11.0 Å². The average molecular weight is 384 g/mol. The highest BCUT2D eigenvalue weighted by Gasteiger charge is 2.21.